The third-order valence-electron chi connectivity index (χ3n) is 4.45. The lowest BCUT2D eigenvalue weighted by Crippen LogP contribution is -2.48. The van der Waals surface area contributed by atoms with Crippen LogP contribution in [0.15, 0.2) is 42.5 Å². The fourth-order valence-electron chi connectivity index (χ4n) is 3.64. The summed E-state index contributed by atoms with van der Waals surface area (Å²) in [4.78, 5) is 2.65. The van der Waals surface area contributed by atoms with Crippen molar-refractivity contribution in [1.82, 2.24) is 10.2 Å². The van der Waals surface area contributed by atoms with Crippen LogP contribution < -0.4 is 5.32 Å². The van der Waals surface area contributed by atoms with Crippen molar-refractivity contribution >= 4 is 35.6 Å². The molecule has 3 rings (SSSR count). The predicted octanol–water partition coefficient (Wildman–Crippen LogP) is 4.68. The molecule has 0 aromatic heterocycles. The molecule has 1 aliphatic heterocycles. The molecule has 0 amide bonds. The summed E-state index contributed by atoms with van der Waals surface area (Å²) in [5.41, 5.74) is 1.70. The van der Waals surface area contributed by atoms with E-state index in [-0.39, 0.29) is 30.2 Å². The summed E-state index contributed by atoms with van der Waals surface area (Å²) < 4.78 is 0. The first-order chi connectivity index (χ1) is 10.1. The highest BCUT2D eigenvalue weighted by atomic mass is 35.5. The van der Waals surface area contributed by atoms with E-state index >= 15 is 0 Å². The first kappa shape index (κ1) is 20.2. The van der Waals surface area contributed by atoms with Crippen LogP contribution in [0.5, 0.6) is 0 Å². The van der Waals surface area contributed by atoms with Crippen molar-refractivity contribution in [2.24, 2.45) is 5.41 Å². The van der Waals surface area contributed by atoms with E-state index in [9.17, 15) is 0 Å². The molecule has 0 unspecified atom stereocenters. The first-order valence-corrected chi connectivity index (χ1v) is 8.00. The van der Waals surface area contributed by atoms with Gasteiger partial charge in [-0.3, -0.25) is 4.90 Å². The van der Waals surface area contributed by atoms with Gasteiger partial charge in [0.05, 0.1) is 0 Å². The molecule has 0 aliphatic carbocycles. The normalized spacial score (nSPS) is 17.2. The molecule has 23 heavy (non-hydrogen) atoms. The number of benzene rings is 2. The van der Waals surface area contributed by atoms with Gasteiger partial charge in [-0.1, -0.05) is 63.2 Å². The molecule has 2 nitrogen and oxygen atoms in total. The quantitative estimate of drug-likeness (QED) is 0.842. The number of halogens is 2. The summed E-state index contributed by atoms with van der Waals surface area (Å²) >= 11 is 0. The standard InChI is InChI=1S/C19H26N2.2ClH/c1-19(2,3)18(21-13-11-20-12-14-21)17-10-6-8-15-7-4-5-9-16(15)17;;/h4-10,18,20H,11-14H2,1-3H3;2*1H/t18-;;/m0../s1. The van der Waals surface area contributed by atoms with E-state index in [2.05, 4.69) is 73.5 Å². The Morgan fingerprint density at radius 1 is 0.913 bits per heavy atom. The zero-order chi connectivity index (χ0) is 14.9. The van der Waals surface area contributed by atoms with Crippen molar-refractivity contribution in [2.75, 3.05) is 26.2 Å². The van der Waals surface area contributed by atoms with Crippen LogP contribution in [-0.2, 0) is 0 Å². The number of hydrogen-bond donors (Lipinski definition) is 1. The molecular weight excluding hydrogens is 327 g/mol. The predicted molar refractivity (Wildman–Crippen MR) is 105 cm³/mol. The number of rotatable bonds is 2. The molecule has 2 aromatic rings. The Kier molecular flexibility index (Phi) is 7.34. The molecule has 2 aromatic carbocycles. The van der Waals surface area contributed by atoms with E-state index in [1.807, 2.05) is 0 Å². The minimum Gasteiger partial charge on any atom is -0.314 e. The maximum absolute atomic E-state index is 3.47. The molecule has 1 aliphatic rings. The Morgan fingerprint density at radius 3 is 2.17 bits per heavy atom. The van der Waals surface area contributed by atoms with Crippen molar-refractivity contribution in [3.63, 3.8) is 0 Å². The second-order valence-corrected chi connectivity index (χ2v) is 7.12. The van der Waals surface area contributed by atoms with Crippen molar-refractivity contribution in [3.05, 3.63) is 48.0 Å². The fraction of sp³-hybridized carbons (Fsp3) is 0.474. The van der Waals surface area contributed by atoms with Gasteiger partial charge in [0.15, 0.2) is 0 Å². The number of nitrogens with one attached hydrogen (secondary N) is 1. The molecule has 0 spiro atoms. The largest absolute Gasteiger partial charge is 0.314 e. The summed E-state index contributed by atoms with van der Waals surface area (Å²) in [6, 6.07) is 16.0. The lowest BCUT2D eigenvalue weighted by molar-refractivity contribution is 0.0872. The van der Waals surface area contributed by atoms with Gasteiger partial charge in [0, 0.05) is 32.2 Å². The van der Waals surface area contributed by atoms with Crippen LogP contribution in [0, 0.1) is 5.41 Å². The minimum absolute atomic E-state index is 0. The van der Waals surface area contributed by atoms with Gasteiger partial charge in [0.2, 0.25) is 0 Å². The van der Waals surface area contributed by atoms with Crippen LogP contribution in [0.4, 0.5) is 0 Å². The molecule has 4 heteroatoms. The monoisotopic (exact) mass is 354 g/mol. The molecule has 0 radical (unpaired) electrons. The Hall–Kier alpha value is -0.800. The maximum Gasteiger partial charge on any atom is 0.0403 e. The van der Waals surface area contributed by atoms with Crippen molar-refractivity contribution in [2.45, 2.75) is 26.8 Å². The first-order valence-electron chi connectivity index (χ1n) is 8.00. The summed E-state index contributed by atoms with van der Waals surface area (Å²) in [5, 5.41) is 6.22. The van der Waals surface area contributed by atoms with Gasteiger partial charge in [0.25, 0.3) is 0 Å². The lowest BCUT2D eigenvalue weighted by atomic mass is 9.79. The molecule has 1 atom stereocenters. The molecule has 0 bridgehead atoms. The molecule has 1 fully saturated rings. The van der Waals surface area contributed by atoms with E-state index < -0.39 is 0 Å². The number of piperazine rings is 1. The molecule has 1 heterocycles. The van der Waals surface area contributed by atoms with Gasteiger partial charge in [0.1, 0.15) is 0 Å². The number of nitrogens with zero attached hydrogens (tertiary/aromatic N) is 1. The smallest absolute Gasteiger partial charge is 0.0403 e. The van der Waals surface area contributed by atoms with Gasteiger partial charge in [-0.15, -0.1) is 24.8 Å². The summed E-state index contributed by atoms with van der Waals surface area (Å²) in [5.74, 6) is 0. The van der Waals surface area contributed by atoms with E-state index in [4.69, 9.17) is 0 Å². The Bertz CT molecular complexity index is 611. The van der Waals surface area contributed by atoms with Crippen molar-refractivity contribution < 1.29 is 0 Å². The van der Waals surface area contributed by atoms with Gasteiger partial charge >= 0.3 is 0 Å². The van der Waals surface area contributed by atoms with E-state index in [1.54, 1.807) is 0 Å². The van der Waals surface area contributed by atoms with Gasteiger partial charge < -0.3 is 5.32 Å². The van der Waals surface area contributed by atoms with Crippen LogP contribution >= 0.6 is 24.8 Å². The van der Waals surface area contributed by atoms with Gasteiger partial charge in [-0.2, -0.15) is 0 Å². The molecular formula is C19H28Cl2N2. The second-order valence-electron chi connectivity index (χ2n) is 7.12. The highest BCUT2D eigenvalue weighted by Crippen LogP contribution is 2.40. The third-order valence-corrected chi connectivity index (χ3v) is 4.45. The fourth-order valence-corrected chi connectivity index (χ4v) is 3.64. The Labute approximate surface area is 152 Å². The second kappa shape index (κ2) is 8.34. The average molecular weight is 355 g/mol. The van der Waals surface area contributed by atoms with Crippen molar-refractivity contribution in [3.8, 4) is 0 Å². The number of fused-ring (bicyclic) bond motifs is 1. The van der Waals surface area contributed by atoms with Gasteiger partial charge in [-0.05, 0) is 21.8 Å². The van der Waals surface area contributed by atoms with Crippen LogP contribution in [-0.4, -0.2) is 31.1 Å². The van der Waals surface area contributed by atoms with E-state index in [1.165, 1.54) is 16.3 Å². The Morgan fingerprint density at radius 2 is 1.52 bits per heavy atom. The summed E-state index contributed by atoms with van der Waals surface area (Å²) in [7, 11) is 0. The molecule has 1 saturated heterocycles. The summed E-state index contributed by atoms with van der Waals surface area (Å²) in [6.45, 7) is 11.5. The Balaban J connectivity index is 0.00000132. The minimum atomic E-state index is 0. The van der Waals surface area contributed by atoms with Crippen LogP contribution in [0.2, 0.25) is 0 Å². The van der Waals surface area contributed by atoms with E-state index in [0.29, 0.717) is 6.04 Å². The maximum atomic E-state index is 3.47. The third kappa shape index (κ3) is 4.39. The highest BCUT2D eigenvalue weighted by molar-refractivity contribution is 5.86. The molecule has 128 valence electrons. The summed E-state index contributed by atoms with van der Waals surface area (Å²) in [6.07, 6.45) is 0. The zero-order valence-corrected chi connectivity index (χ0v) is 15.8. The van der Waals surface area contributed by atoms with E-state index in [0.717, 1.165) is 26.2 Å². The highest BCUT2D eigenvalue weighted by Gasteiger charge is 2.33. The molecule has 0 saturated carbocycles. The van der Waals surface area contributed by atoms with Gasteiger partial charge in [-0.25, -0.2) is 0 Å². The van der Waals surface area contributed by atoms with Crippen LogP contribution in [0.25, 0.3) is 10.8 Å². The number of hydrogen-bond acceptors (Lipinski definition) is 2. The average Bonchev–Trinajstić information content (AvgIpc) is 2.47. The SMILES string of the molecule is CC(C)(C)[C@H](c1cccc2ccccc12)N1CCNCC1.Cl.Cl. The van der Waals surface area contributed by atoms with Crippen LogP contribution in [0.1, 0.15) is 32.4 Å². The molecule has 1 N–H and O–H groups in total. The zero-order valence-electron chi connectivity index (χ0n) is 14.2. The lowest BCUT2D eigenvalue weighted by Gasteiger charge is -2.43. The van der Waals surface area contributed by atoms with Crippen LogP contribution in [0.3, 0.4) is 0 Å². The van der Waals surface area contributed by atoms with Crippen molar-refractivity contribution in [1.29, 1.82) is 0 Å². The topological polar surface area (TPSA) is 15.3 Å².